The fourth-order valence-electron chi connectivity index (χ4n) is 2.09. The highest BCUT2D eigenvalue weighted by atomic mass is 16.1. The van der Waals surface area contributed by atoms with Crippen molar-refractivity contribution in [2.75, 3.05) is 6.54 Å². The van der Waals surface area contributed by atoms with E-state index in [1.807, 2.05) is 0 Å². The van der Waals surface area contributed by atoms with Gasteiger partial charge in [-0.2, -0.15) is 0 Å². The third kappa shape index (κ3) is 2.31. The zero-order valence-corrected chi connectivity index (χ0v) is 8.34. The molecule has 1 unspecified atom stereocenters. The number of rotatable bonds is 3. The topological polar surface area (TPSA) is 20.3 Å². The molecule has 0 radical (unpaired) electrons. The molecule has 0 spiro atoms. The molecule has 0 N–H and O–H groups in total. The van der Waals surface area contributed by atoms with E-state index < -0.39 is 0 Å². The van der Waals surface area contributed by atoms with Crippen LogP contribution in [-0.4, -0.2) is 29.3 Å². The third-order valence-electron chi connectivity index (χ3n) is 2.61. The second-order valence-corrected chi connectivity index (χ2v) is 4.03. The van der Waals surface area contributed by atoms with E-state index in [2.05, 4.69) is 18.7 Å². The van der Waals surface area contributed by atoms with Gasteiger partial charge in [-0.1, -0.05) is 0 Å². The van der Waals surface area contributed by atoms with Gasteiger partial charge in [0, 0.05) is 18.5 Å². The van der Waals surface area contributed by atoms with Crippen molar-refractivity contribution in [2.24, 2.45) is 0 Å². The smallest absolute Gasteiger partial charge is 0.131 e. The third-order valence-corrected chi connectivity index (χ3v) is 2.61. The predicted octanol–water partition coefficient (Wildman–Crippen LogP) is 1.84. The summed E-state index contributed by atoms with van der Waals surface area (Å²) in [7, 11) is 0. The summed E-state index contributed by atoms with van der Waals surface area (Å²) in [6.45, 7) is 7.28. The van der Waals surface area contributed by atoms with E-state index in [4.69, 9.17) is 0 Å². The second kappa shape index (κ2) is 4.04. The average molecular weight is 169 g/mol. The minimum absolute atomic E-state index is 0.326. The standard InChI is InChI=1S/C10H19NO/c1-8(2)11-6-4-5-10(11)7-9(3)12/h8,10H,4-7H2,1-3H3. The summed E-state index contributed by atoms with van der Waals surface area (Å²) in [4.78, 5) is 13.4. The molecule has 0 aliphatic carbocycles. The first kappa shape index (κ1) is 9.72. The fourth-order valence-corrected chi connectivity index (χ4v) is 2.09. The van der Waals surface area contributed by atoms with E-state index in [-0.39, 0.29) is 0 Å². The lowest BCUT2D eigenvalue weighted by atomic mass is 10.1. The zero-order valence-electron chi connectivity index (χ0n) is 8.34. The van der Waals surface area contributed by atoms with Gasteiger partial charge in [-0.05, 0) is 40.2 Å². The maximum atomic E-state index is 10.9. The van der Waals surface area contributed by atoms with Crippen LogP contribution < -0.4 is 0 Å². The van der Waals surface area contributed by atoms with Crippen LogP contribution in [0.2, 0.25) is 0 Å². The SMILES string of the molecule is CC(=O)CC1CCCN1C(C)C. The molecule has 2 nitrogen and oxygen atoms in total. The molecule has 1 aliphatic heterocycles. The summed E-state index contributed by atoms with van der Waals surface area (Å²) in [6.07, 6.45) is 3.21. The molecule has 1 aliphatic rings. The largest absolute Gasteiger partial charge is 0.300 e. The Hall–Kier alpha value is -0.370. The van der Waals surface area contributed by atoms with Crippen LogP contribution >= 0.6 is 0 Å². The molecule has 1 heterocycles. The molecular weight excluding hydrogens is 150 g/mol. The van der Waals surface area contributed by atoms with Crippen LogP contribution in [0.3, 0.4) is 0 Å². The lowest BCUT2D eigenvalue weighted by Gasteiger charge is -2.27. The summed E-state index contributed by atoms with van der Waals surface area (Å²) in [5.41, 5.74) is 0. The number of carbonyl (C=O) groups excluding carboxylic acids is 1. The zero-order chi connectivity index (χ0) is 9.14. The Morgan fingerprint density at radius 2 is 2.25 bits per heavy atom. The Bertz CT molecular complexity index is 165. The minimum Gasteiger partial charge on any atom is -0.300 e. The molecule has 12 heavy (non-hydrogen) atoms. The van der Waals surface area contributed by atoms with Crippen LogP contribution in [0.15, 0.2) is 0 Å². The first-order valence-electron chi connectivity index (χ1n) is 4.86. The molecule has 1 atom stereocenters. The van der Waals surface area contributed by atoms with Crippen LogP contribution in [0.4, 0.5) is 0 Å². The summed E-state index contributed by atoms with van der Waals surface area (Å²) >= 11 is 0. The van der Waals surface area contributed by atoms with Gasteiger partial charge in [0.2, 0.25) is 0 Å². The van der Waals surface area contributed by atoms with Crippen molar-refractivity contribution in [3.63, 3.8) is 0 Å². The monoisotopic (exact) mass is 169 g/mol. The van der Waals surface area contributed by atoms with Gasteiger partial charge in [-0.15, -0.1) is 0 Å². The molecule has 1 fully saturated rings. The lowest BCUT2D eigenvalue weighted by Crippen LogP contribution is -2.36. The molecule has 0 aromatic heterocycles. The molecule has 0 aromatic carbocycles. The van der Waals surface area contributed by atoms with Crippen LogP contribution in [0.1, 0.15) is 40.0 Å². The summed E-state index contributed by atoms with van der Waals surface area (Å²) in [5.74, 6) is 0.326. The van der Waals surface area contributed by atoms with Gasteiger partial charge in [0.1, 0.15) is 5.78 Å². The summed E-state index contributed by atoms with van der Waals surface area (Å²) in [5, 5.41) is 0. The van der Waals surface area contributed by atoms with E-state index >= 15 is 0 Å². The quantitative estimate of drug-likeness (QED) is 0.642. The fraction of sp³-hybridized carbons (Fsp3) is 0.900. The maximum Gasteiger partial charge on any atom is 0.131 e. The molecule has 0 bridgehead atoms. The molecular formula is C10H19NO. The van der Waals surface area contributed by atoms with E-state index in [1.165, 1.54) is 19.4 Å². The Morgan fingerprint density at radius 1 is 1.58 bits per heavy atom. The number of hydrogen-bond acceptors (Lipinski definition) is 2. The van der Waals surface area contributed by atoms with Gasteiger partial charge in [0.15, 0.2) is 0 Å². The van der Waals surface area contributed by atoms with Gasteiger partial charge in [-0.3, -0.25) is 9.69 Å². The van der Waals surface area contributed by atoms with Crippen molar-refractivity contribution >= 4 is 5.78 Å². The van der Waals surface area contributed by atoms with Gasteiger partial charge in [-0.25, -0.2) is 0 Å². The van der Waals surface area contributed by atoms with E-state index in [1.54, 1.807) is 6.92 Å². The van der Waals surface area contributed by atoms with Crippen LogP contribution in [0.25, 0.3) is 0 Å². The van der Waals surface area contributed by atoms with E-state index in [0.717, 1.165) is 6.42 Å². The highest BCUT2D eigenvalue weighted by molar-refractivity contribution is 5.76. The molecule has 2 heteroatoms. The Morgan fingerprint density at radius 3 is 2.75 bits per heavy atom. The Kier molecular flexibility index (Phi) is 3.27. The first-order chi connectivity index (χ1) is 5.61. The summed E-state index contributed by atoms with van der Waals surface area (Å²) in [6, 6.07) is 1.12. The van der Waals surface area contributed by atoms with Crippen LogP contribution in [0.5, 0.6) is 0 Å². The number of nitrogens with zero attached hydrogens (tertiary/aromatic N) is 1. The number of carbonyl (C=O) groups is 1. The number of Topliss-reactive ketones (excluding diaryl/α,β-unsaturated/α-hetero) is 1. The first-order valence-corrected chi connectivity index (χ1v) is 4.86. The highest BCUT2D eigenvalue weighted by Gasteiger charge is 2.26. The molecule has 0 aromatic rings. The van der Waals surface area contributed by atoms with Crippen LogP contribution in [0, 0.1) is 0 Å². The van der Waals surface area contributed by atoms with Crippen molar-refractivity contribution in [1.29, 1.82) is 0 Å². The van der Waals surface area contributed by atoms with E-state index in [9.17, 15) is 4.79 Å². The van der Waals surface area contributed by atoms with Gasteiger partial charge < -0.3 is 0 Å². The second-order valence-electron chi connectivity index (χ2n) is 4.03. The van der Waals surface area contributed by atoms with Crippen molar-refractivity contribution in [3.8, 4) is 0 Å². The van der Waals surface area contributed by atoms with E-state index in [0.29, 0.717) is 17.9 Å². The lowest BCUT2D eigenvalue weighted by molar-refractivity contribution is -0.118. The minimum atomic E-state index is 0.326. The predicted molar refractivity (Wildman–Crippen MR) is 50.2 cm³/mol. The van der Waals surface area contributed by atoms with Crippen molar-refractivity contribution in [1.82, 2.24) is 4.90 Å². The molecule has 0 saturated carbocycles. The van der Waals surface area contributed by atoms with Crippen molar-refractivity contribution in [2.45, 2.75) is 52.1 Å². The number of likely N-dealkylation sites (tertiary alicyclic amines) is 1. The molecule has 0 amide bonds. The maximum absolute atomic E-state index is 10.9. The normalized spacial score (nSPS) is 25.2. The van der Waals surface area contributed by atoms with Gasteiger partial charge in [0.25, 0.3) is 0 Å². The Balaban J connectivity index is 2.46. The van der Waals surface area contributed by atoms with Gasteiger partial charge >= 0.3 is 0 Å². The molecule has 70 valence electrons. The average Bonchev–Trinajstić information content (AvgIpc) is 2.33. The highest BCUT2D eigenvalue weighted by Crippen LogP contribution is 2.22. The molecule has 1 saturated heterocycles. The number of ketones is 1. The number of hydrogen-bond donors (Lipinski definition) is 0. The van der Waals surface area contributed by atoms with Gasteiger partial charge in [0.05, 0.1) is 0 Å². The summed E-state index contributed by atoms with van der Waals surface area (Å²) < 4.78 is 0. The van der Waals surface area contributed by atoms with Crippen molar-refractivity contribution in [3.05, 3.63) is 0 Å². The van der Waals surface area contributed by atoms with Crippen molar-refractivity contribution < 1.29 is 4.79 Å². The Labute approximate surface area is 74.9 Å². The molecule has 1 rings (SSSR count). The van der Waals surface area contributed by atoms with Crippen LogP contribution in [-0.2, 0) is 4.79 Å².